The standard InChI is InChI=1S/C21H25ClN2O3/c1-2-26-20-6-4-3-5-19(20)24-9-7-23(8-10-24)13-16-11-18(22)12-17-14-25-15-27-21(16)17/h3-6,11-12H,2,7-10,13-15H2,1H3/p+1. The Morgan fingerprint density at radius 1 is 1.19 bits per heavy atom. The van der Waals surface area contributed by atoms with Gasteiger partial charge >= 0.3 is 0 Å². The fraction of sp³-hybridized carbons (Fsp3) is 0.429. The first-order valence-corrected chi connectivity index (χ1v) is 9.94. The number of rotatable bonds is 5. The average Bonchev–Trinajstić information content (AvgIpc) is 2.69. The summed E-state index contributed by atoms with van der Waals surface area (Å²) in [5.41, 5.74) is 3.42. The molecule has 0 spiro atoms. The number of anilines is 1. The third-order valence-electron chi connectivity index (χ3n) is 5.17. The highest BCUT2D eigenvalue weighted by Gasteiger charge is 2.25. The van der Waals surface area contributed by atoms with Gasteiger partial charge in [-0.15, -0.1) is 0 Å². The number of ether oxygens (including phenoxy) is 3. The molecule has 2 aliphatic rings. The Hall–Kier alpha value is -1.95. The minimum absolute atomic E-state index is 0.318. The van der Waals surface area contributed by atoms with Gasteiger partial charge in [0.15, 0.2) is 6.79 Å². The molecule has 0 unspecified atom stereocenters. The van der Waals surface area contributed by atoms with Crippen LogP contribution in [0.3, 0.4) is 0 Å². The van der Waals surface area contributed by atoms with E-state index in [1.165, 1.54) is 11.3 Å². The molecule has 0 atom stereocenters. The van der Waals surface area contributed by atoms with Crippen molar-refractivity contribution in [1.82, 2.24) is 0 Å². The summed E-state index contributed by atoms with van der Waals surface area (Å²) in [5, 5.41) is 0.751. The molecule has 0 radical (unpaired) electrons. The molecule has 2 aliphatic heterocycles. The van der Waals surface area contributed by atoms with Crippen molar-refractivity contribution in [3.05, 3.63) is 52.5 Å². The van der Waals surface area contributed by atoms with Crippen LogP contribution in [0.25, 0.3) is 0 Å². The second kappa shape index (κ2) is 8.38. The van der Waals surface area contributed by atoms with Crippen LogP contribution in [0.1, 0.15) is 18.1 Å². The molecule has 0 aliphatic carbocycles. The van der Waals surface area contributed by atoms with Gasteiger partial charge in [-0.25, -0.2) is 0 Å². The Labute approximate surface area is 165 Å². The Kier molecular flexibility index (Phi) is 5.72. The van der Waals surface area contributed by atoms with Crippen LogP contribution >= 0.6 is 11.6 Å². The van der Waals surface area contributed by atoms with E-state index in [0.717, 1.165) is 54.8 Å². The summed E-state index contributed by atoms with van der Waals surface area (Å²) >= 11 is 6.31. The molecule has 1 fully saturated rings. The molecule has 1 saturated heterocycles. The van der Waals surface area contributed by atoms with Crippen molar-refractivity contribution in [1.29, 1.82) is 0 Å². The third kappa shape index (κ3) is 4.15. The van der Waals surface area contributed by atoms with E-state index in [9.17, 15) is 0 Å². The minimum atomic E-state index is 0.318. The molecular weight excluding hydrogens is 364 g/mol. The van der Waals surface area contributed by atoms with Crippen LogP contribution in [0.2, 0.25) is 5.02 Å². The van der Waals surface area contributed by atoms with Crippen molar-refractivity contribution < 1.29 is 19.1 Å². The topological polar surface area (TPSA) is 35.4 Å². The van der Waals surface area contributed by atoms with Gasteiger partial charge in [-0.3, -0.25) is 0 Å². The van der Waals surface area contributed by atoms with Crippen LogP contribution < -0.4 is 19.3 Å². The Bertz CT molecular complexity index is 791. The Morgan fingerprint density at radius 2 is 2.00 bits per heavy atom. The number of piperazine rings is 1. The molecule has 2 aromatic carbocycles. The Balaban J connectivity index is 1.43. The molecular formula is C21H26ClN2O3+. The van der Waals surface area contributed by atoms with Gasteiger partial charge in [0.25, 0.3) is 0 Å². The molecule has 2 heterocycles. The first kappa shape index (κ1) is 18.4. The summed E-state index contributed by atoms with van der Waals surface area (Å²) in [5.74, 6) is 1.93. The molecule has 5 nitrogen and oxygen atoms in total. The minimum Gasteiger partial charge on any atom is -0.492 e. The number of para-hydroxylation sites is 2. The van der Waals surface area contributed by atoms with E-state index in [0.29, 0.717) is 20.0 Å². The lowest BCUT2D eigenvalue weighted by atomic mass is 10.1. The summed E-state index contributed by atoms with van der Waals surface area (Å²) in [7, 11) is 0. The molecule has 1 N–H and O–H groups in total. The SMILES string of the molecule is CCOc1ccccc1N1CC[NH+](Cc2cc(Cl)cc3c2OCOC3)CC1. The maximum atomic E-state index is 6.31. The van der Waals surface area contributed by atoms with E-state index in [4.69, 9.17) is 25.8 Å². The van der Waals surface area contributed by atoms with Crippen LogP contribution in [0.4, 0.5) is 5.69 Å². The van der Waals surface area contributed by atoms with Gasteiger partial charge in [0.1, 0.15) is 18.0 Å². The van der Waals surface area contributed by atoms with Gasteiger partial charge in [-0.2, -0.15) is 0 Å². The highest BCUT2D eigenvalue weighted by molar-refractivity contribution is 6.30. The summed E-state index contributed by atoms with van der Waals surface area (Å²) in [6.45, 7) is 8.67. The summed E-state index contributed by atoms with van der Waals surface area (Å²) < 4.78 is 16.9. The second-order valence-corrected chi connectivity index (χ2v) is 7.41. The maximum absolute atomic E-state index is 6.31. The van der Waals surface area contributed by atoms with Crippen LogP contribution in [-0.2, 0) is 17.9 Å². The summed E-state index contributed by atoms with van der Waals surface area (Å²) in [6, 6.07) is 12.3. The predicted octanol–water partition coefficient (Wildman–Crippen LogP) is 2.51. The maximum Gasteiger partial charge on any atom is 0.189 e. The number of nitrogens with one attached hydrogen (secondary N) is 1. The normalized spacial score (nSPS) is 17.3. The molecule has 27 heavy (non-hydrogen) atoms. The van der Waals surface area contributed by atoms with Gasteiger partial charge in [-0.1, -0.05) is 23.7 Å². The highest BCUT2D eigenvalue weighted by Crippen LogP contribution is 2.31. The summed E-state index contributed by atoms with van der Waals surface area (Å²) in [4.78, 5) is 3.96. The number of benzene rings is 2. The molecule has 4 rings (SSSR count). The van der Waals surface area contributed by atoms with E-state index in [1.807, 2.05) is 25.1 Å². The fourth-order valence-electron chi connectivity index (χ4n) is 3.89. The van der Waals surface area contributed by atoms with Crippen molar-refractivity contribution in [3.63, 3.8) is 0 Å². The van der Waals surface area contributed by atoms with Gasteiger partial charge in [0.2, 0.25) is 0 Å². The first-order valence-electron chi connectivity index (χ1n) is 9.56. The molecule has 0 saturated carbocycles. The second-order valence-electron chi connectivity index (χ2n) is 6.98. The van der Waals surface area contributed by atoms with Gasteiger partial charge in [0, 0.05) is 10.6 Å². The van der Waals surface area contributed by atoms with E-state index in [-0.39, 0.29) is 0 Å². The number of hydrogen-bond acceptors (Lipinski definition) is 4. The molecule has 2 aromatic rings. The van der Waals surface area contributed by atoms with E-state index in [1.54, 1.807) is 4.90 Å². The number of nitrogens with zero attached hydrogens (tertiary/aromatic N) is 1. The van der Waals surface area contributed by atoms with Crippen molar-refractivity contribution in [2.24, 2.45) is 0 Å². The van der Waals surface area contributed by atoms with Crippen LogP contribution in [0.5, 0.6) is 11.5 Å². The fourth-order valence-corrected chi connectivity index (χ4v) is 4.16. The van der Waals surface area contributed by atoms with Gasteiger partial charge in [0.05, 0.1) is 50.6 Å². The Morgan fingerprint density at radius 3 is 2.81 bits per heavy atom. The molecule has 0 amide bonds. The molecule has 0 aromatic heterocycles. The van der Waals surface area contributed by atoms with Gasteiger partial charge in [-0.05, 0) is 31.2 Å². The number of halogens is 1. The number of hydrogen-bond donors (Lipinski definition) is 1. The lowest BCUT2D eigenvalue weighted by molar-refractivity contribution is -0.914. The molecule has 6 heteroatoms. The van der Waals surface area contributed by atoms with Crippen LogP contribution in [0, 0.1) is 0 Å². The van der Waals surface area contributed by atoms with Crippen LogP contribution in [-0.4, -0.2) is 39.6 Å². The zero-order valence-corrected chi connectivity index (χ0v) is 16.4. The number of quaternary nitrogens is 1. The zero-order chi connectivity index (χ0) is 18.6. The molecule has 144 valence electrons. The van der Waals surface area contributed by atoms with E-state index < -0.39 is 0 Å². The lowest BCUT2D eigenvalue weighted by Gasteiger charge is -2.35. The van der Waals surface area contributed by atoms with Crippen LogP contribution in [0.15, 0.2) is 36.4 Å². The first-order chi connectivity index (χ1) is 13.2. The van der Waals surface area contributed by atoms with Gasteiger partial charge < -0.3 is 24.0 Å². The molecule has 0 bridgehead atoms. The zero-order valence-electron chi connectivity index (χ0n) is 15.7. The van der Waals surface area contributed by atoms with Crippen molar-refractivity contribution in [2.45, 2.75) is 20.1 Å². The van der Waals surface area contributed by atoms with Crippen molar-refractivity contribution >= 4 is 17.3 Å². The predicted molar refractivity (Wildman–Crippen MR) is 106 cm³/mol. The summed E-state index contributed by atoms with van der Waals surface area (Å²) in [6.07, 6.45) is 0. The lowest BCUT2D eigenvalue weighted by Crippen LogP contribution is -3.13. The smallest absolute Gasteiger partial charge is 0.189 e. The average molecular weight is 390 g/mol. The monoisotopic (exact) mass is 389 g/mol. The van der Waals surface area contributed by atoms with E-state index in [2.05, 4.69) is 23.1 Å². The third-order valence-corrected chi connectivity index (χ3v) is 5.39. The van der Waals surface area contributed by atoms with Crippen molar-refractivity contribution in [3.8, 4) is 11.5 Å². The number of fused-ring (bicyclic) bond motifs is 1. The highest BCUT2D eigenvalue weighted by atomic mass is 35.5. The largest absolute Gasteiger partial charge is 0.492 e. The van der Waals surface area contributed by atoms with Crippen molar-refractivity contribution in [2.75, 3.05) is 44.5 Å². The quantitative estimate of drug-likeness (QED) is 0.852. The van der Waals surface area contributed by atoms with E-state index >= 15 is 0 Å².